The molecule has 3 rings (SSSR count). The maximum atomic E-state index is 14.0. The summed E-state index contributed by atoms with van der Waals surface area (Å²) in [5.41, 5.74) is 3.38. The summed E-state index contributed by atoms with van der Waals surface area (Å²) < 4.78 is 32.6. The van der Waals surface area contributed by atoms with Gasteiger partial charge in [-0.3, -0.25) is 13.9 Å². The molecule has 1 N–H and O–H groups in total. The topological polar surface area (TPSA) is 96.0 Å². The number of amides is 2. The van der Waals surface area contributed by atoms with Crippen LogP contribution in [0.4, 0.5) is 5.69 Å². The van der Waals surface area contributed by atoms with Gasteiger partial charge in [-0.05, 0) is 55.5 Å². The van der Waals surface area contributed by atoms with E-state index in [1.165, 1.54) is 4.31 Å². The third-order valence-electron chi connectivity index (χ3n) is 7.29. The summed E-state index contributed by atoms with van der Waals surface area (Å²) in [5.74, 6) is 0.0682. The number of anilines is 1. The number of carbonyl (C=O) groups is 2. The van der Waals surface area contributed by atoms with Gasteiger partial charge in [0.15, 0.2) is 0 Å². The quantitative estimate of drug-likeness (QED) is 0.205. The maximum absolute atomic E-state index is 14.0. The molecule has 3 aromatic rings. The Kier molecular flexibility index (Phi) is 13.1. The first-order chi connectivity index (χ1) is 20.7. The van der Waals surface area contributed by atoms with E-state index in [1.807, 2.05) is 68.4 Å². The molecule has 43 heavy (non-hydrogen) atoms. The van der Waals surface area contributed by atoms with Gasteiger partial charge in [-0.15, -0.1) is 0 Å². The molecule has 0 bridgehead atoms. The number of hydrogen-bond acceptors (Lipinski definition) is 5. The van der Waals surface area contributed by atoms with Crippen LogP contribution in [0.15, 0.2) is 78.9 Å². The Morgan fingerprint density at radius 2 is 1.58 bits per heavy atom. The van der Waals surface area contributed by atoms with Crippen molar-refractivity contribution >= 4 is 27.5 Å². The monoisotopic (exact) mass is 607 g/mol. The molecule has 0 aromatic heterocycles. The van der Waals surface area contributed by atoms with Crippen LogP contribution in [0.3, 0.4) is 0 Å². The van der Waals surface area contributed by atoms with Gasteiger partial charge in [0.1, 0.15) is 11.8 Å². The number of carbonyl (C=O) groups excluding carboxylic acids is 2. The standard InChI is InChI=1S/C34H45N3O5S/c1-5-7-23-35-34(39)31(25-28-17-9-8-10-18-28)36(26-29-19-12-11-16-27(29)3)33(38)22-15-24-37(43(4,40)41)30-20-13-14-21-32(30)42-6-2/h8-14,16-21,31H,5-7,15,22-26H2,1-4H3,(H,35,39)/t31-/m1/s1. The summed E-state index contributed by atoms with van der Waals surface area (Å²) >= 11 is 0. The molecular formula is C34H45N3O5S. The van der Waals surface area contributed by atoms with Crippen molar-refractivity contribution in [2.75, 3.05) is 30.3 Å². The van der Waals surface area contributed by atoms with Crippen molar-refractivity contribution in [2.24, 2.45) is 0 Å². The fourth-order valence-electron chi connectivity index (χ4n) is 4.95. The van der Waals surface area contributed by atoms with Crippen molar-refractivity contribution < 1.29 is 22.7 Å². The minimum absolute atomic E-state index is 0.0717. The molecule has 8 nitrogen and oxygen atoms in total. The number of ether oxygens (including phenoxy) is 1. The molecule has 0 unspecified atom stereocenters. The van der Waals surface area contributed by atoms with E-state index < -0.39 is 16.1 Å². The summed E-state index contributed by atoms with van der Waals surface area (Å²) in [6.45, 7) is 7.19. The van der Waals surface area contributed by atoms with Gasteiger partial charge in [0, 0.05) is 32.5 Å². The predicted octanol–water partition coefficient (Wildman–Crippen LogP) is 5.50. The lowest BCUT2D eigenvalue weighted by molar-refractivity contribution is -0.141. The lowest BCUT2D eigenvalue weighted by Crippen LogP contribution is -2.50. The average Bonchev–Trinajstić information content (AvgIpc) is 2.98. The number of sulfonamides is 1. The molecule has 232 valence electrons. The van der Waals surface area contributed by atoms with Crippen LogP contribution >= 0.6 is 0 Å². The van der Waals surface area contributed by atoms with Gasteiger partial charge >= 0.3 is 0 Å². The molecular weight excluding hydrogens is 562 g/mol. The van der Waals surface area contributed by atoms with Crippen LogP contribution in [0.2, 0.25) is 0 Å². The molecule has 0 saturated heterocycles. The Labute approximate surface area is 257 Å². The van der Waals surface area contributed by atoms with Crippen LogP contribution < -0.4 is 14.4 Å². The normalized spacial score (nSPS) is 11.9. The number of nitrogens with zero attached hydrogens (tertiary/aromatic N) is 2. The van der Waals surface area contributed by atoms with E-state index in [0.29, 0.717) is 31.0 Å². The Morgan fingerprint density at radius 3 is 2.26 bits per heavy atom. The third-order valence-corrected chi connectivity index (χ3v) is 8.47. The molecule has 0 aliphatic carbocycles. The molecule has 0 heterocycles. The van der Waals surface area contributed by atoms with E-state index in [4.69, 9.17) is 4.74 Å². The smallest absolute Gasteiger partial charge is 0.243 e. The van der Waals surface area contributed by atoms with Crippen molar-refractivity contribution in [2.45, 2.75) is 65.5 Å². The van der Waals surface area contributed by atoms with Gasteiger partial charge < -0.3 is 15.0 Å². The highest BCUT2D eigenvalue weighted by molar-refractivity contribution is 7.92. The minimum atomic E-state index is -3.65. The third kappa shape index (κ3) is 10.1. The highest BCUT2D eigenvalue weighted by atomic mass is 32.2. The SMILES string of the molecule is CCCCNC(=O)[C@@H](Cc1ccccc1)N(Cc1ccccc1C)C(=O)CCCN(c1ccccc1OCC)S(C)(=O)=O. The second-order valence-electron chi connectivity index (χ2n) is 10.6. The van der Waals surface area contributed by atoms with Crippen molar-refractivity contribution in [3.8, 4) is 5.75 Å². The maximum Gasteiger partial charge on any atom is 0.243 e. The Balaban J connectivity index is 1.89. The van der Waals surface area contributed by atoms with Crippen molar-refractivity contribution in [3.05, 3.63) is 95.6 Å². The number of para-hydroxylation sites is 2. The molecule has 1 atom stereocenters. The van der Waals surface area contributed by atoms with Crippen LogP contribution in [0.25, 0.3) is 0 Å². The number of hydrogen-bond donors (Lipinski definition) is 1. The zero-order valence-corrected chi connectivity index (χ0v) is 26.6. The van der Waals surface area contributed by atoms with Gasteiger partial charge in [-0.1, -0.05) is 80.1 Å². The first-order valence-corrected chi connectivity index (χ1v) is 16.9. The minimum Gasteiger partial charge on any atom is -0.492 e. The Bertz CT molecular complexity index is 1430. The highest BCUT2D eigenvalue weighted by Crippen LogP contribution is 2.30. The summed E-state index contributed by atoms with van der Waals surface area (Å²) in [4.78, 5) is 29.3. The largest absolute Gasteiger partial charge is 0.492 e. The summed E-state index contributed by atoms with van der Waals surface area (Å²) in [7, 11) is -3.65. The van der Waals surface area contributed by atoms with Crippen LogP contribution in [0.1, 0.15) is 56.2 Å². The highest BCUT2D eigenvalue weighted by Gasteiger charge is 2.31. The summed E-state index contributed by atoms with van der Waals surface area (Å²) in [5, 5.41) is 3.04. The molecule has 0 fully saturated rings. The van der Waals surface area contributed by atoms with Crippen molar-refractivity contribution in [1.82, 2.24) is 10.2 Å². The molecule has 0 aliphatic heterocycles. The molecule has 3 aromatic carbocycles. The van der Waals surface area contributed by atoms with Crippen molar-refractivity contribution in [3.63, 3.8) is 0 Å². The molecule has 0 saturated carbocycles. The van der Waals surface area contributed by atoms with Gasteiger partial charge in [0.25, 0.3) is 0 Å². The molecule has 0 radical (unpaired) electrons. The number of rotatable bonds is 17. The summed E-state index contributed by atoms with van der Waals surface area (Å²) in [6.07, 6.45) is 3.65. The number of nitrogens with one attached hydrogen (secondary N) is 1. The van der Waals surface area contributed by atoms with E-state index in [1.54, 1.807) is 29.2 Å². The fourth-order valence-corrected chi connectivity index (χ4v) is 5.92. The number of unbranched alkanes of at least 4 members (excludes halogenated alkanes) is 1. The van der Waals surface area contributed by atoms with E-state index in [0.717, 1.165) is 35.8 Å². The van der Waals surface area contributed by atoms with Crippen LogP contribution in [0, 0.1) is 6.92 Å². The Morgan fingerprint density at radius 1 is 0.907 bits per heavy atom. The predicted molar refractivity (Wildman–Crippen MR) is 173 cm³/mol. The fraction of sp³-hybridized carbons (Fsp3) is 0.412. The number of benzene rings is 3. The first kappa shape index (κ1) is 33.6. The molecule has 0 spiro atoms. The zero-order chi connectivity index (χ0) is 31.2. The lowest BCUT2D eigenvalue weighted by atomic mass is 10.0. The molecule has 0 aliphatic rings. The molecule has 2 amide bonds. The van der Waals surface area contributed by atoms with Gasteiger partial charge in [-0.2, -0.15) is 0 Å². The average molecular weight is 608 g/mol. The van der Waals surface area contributed by atoms with Gasteiger partial charge in [0.2, 0.25) is 21.8 Å². The van der Waals surface area contributed by atoms with E-state index in [-0.39, 0.29) is 37.7 Å². The second-order valence-corrected chi connectivity index (χ2v) is 12.5. The summed E-state index contributed by atoms with van der Waals surface area (Å²) in [6, 6.07) is 23.8. The number of aryl methyl sites for hydroxylation is 1. The Hall–Kier alpha value is -3.85. The lowest BCUT2D eigenvalue weighted by Gasteiger charge is -2.32. The first-order valence-electron chi connectivity index (χ1n) is 15.0. The molecule has 9 heteroatoms. The zero-order valence-electron chi connectivity index (χ0n) is 25.8. The van der Waals surface area contributed by atoms with E-state index in [9.17, 15) is 18.0 Å². The van der Waals surface area contributed by atoms with E-state index in [2.05, 4.69) is 12.2 Å². The van der Waals surface area contributed by atoms with Gasteiger partial charge in [-0.25, -0.2) is 8.42 Å². The van der Waals surface area contributed by atoms with Crippen molar-refractivity contribution in [1.29, 1.82) is 0 Å². The van der Waals surface area contributed by atoms with E-state index >= 15 is 0 Å². The van der Waals surface area contributed by atoms with Crippen LogP contribution in [-0.4, -0.2) is 57.1 Å². The van der Waals surface area contributed by atoms with Gasteiger partial charge in [0.05, 0.1) is 18.6 Å². The van der Waals surface area contributed by atoms with Crippen LogP contribution in [0.5, 0.6) is 5.75 Å². The second kappa shape index (κ2) is 16.7. The van der Waals surface area contributed by atoms with Crippen LogP contribution in [-0.2, 0) is 32.6 Å².